The highest BCUT2D eigenvalue weighted by Gasteiger charge is 2.25. The molecule has 0 bridgehead atoms. The van der Waals surface area contributed by atoms with E-state index in [4.69, 9.17) is 9.47 Å². The van der Waals surface area contributed by atoms with Crippen LogP contribution >= 0.6 is 0 Å². The first-order valence-electron chi connectivity index (χ1n) is 9.03. The van der Waals surface area contributed by atoms with Crippen molar-refractivity contribution in [2.45, 2.75) is 25.8 Å². The molecule has 1 atom stereocenters. The average molecular weight is 375 g/mol. The van der Waals surface area contributed by atoms with Gasteiger partial charge in [-0.05, 0) is 32.0 Å². The molecule has 1 fully saturated rings. The van der Waals surface area contributed by atoms with Gasteiger partial charge in [0.25, 0.3) is 11.5 Å². The number of aromatic hydroxyl groups is 1. The van der Waals surface area contributed by atoms with Crippen molar-refractivity contribution in [3.8, 4) is 17.2 Å². The van der Waals surface area contributed by atoms with Gasteiger partial charge >= 0.3 is 0 Å². The molecule has 0 spiro atoms. The second-order valence-electron chi connectivity index (χ2n) is 6.57. The van der Waals surface area contributed by atoms with Gasteiger partial charge in [0.2, 0.25) is 0 Å². The van der Waals surface area contributed by atoms with Gasteiger partial charge in [-0.15, -0.1) is 0 Å². The molecule has 27 heavy (non-hydrogen) atoms. The topological polar surface area (TPSA) is 104 Å². The smallest absolute Gasteiger partial charge is 0.265 e. The van der Waals surface area contributed by atoms with Crippen LogP contribution in [0.4, 0.5) is 0 Å². The van der Waals surface area contributed by atoms with Crippen LogP contribution in [0, 0.1) is 0 Å². The van der Waals surface area contributed by atoms with Crippen molar-refractivity contribution in [1.82, 2.24) is 15.2 Å². The summed E-state index contributed by atoms with van der Waals surface area (Å²) in [6, 6.07) is 3.34. The number of benzene rings is 1. The van der Waals surface area contributed by atoms with Crippen molar-refractivity contribution < 1.29 is 19.4 Å². The number of pyridine rings is 1. The number of likely N-dealkylation sites (tertiary alicyclic amines) is 1. The fourth-order valence-electron chi connectivity index (χ4n) is 3.66. The van der Waals surface area contributed by atoms with Crippen molar-refractivity contribution >= 4 is 16.8 Å². The summed E-state index contributed by atoms with van der Waals surface area (Å²) in [6.07, 6.45) is 2.10. The predicted molar refractivity (Wildman–Crippen MR) is 102 cm³/mol. The Labute approximate surface area is 157 Å². The highest BCUT2D eigenvalue weighted by atomic mass is 16.5. The van der Waals surface area contributed by atoms with E-state index in [0.29, 0.717) is 28.9 Å². The number of hydrogen-bond acceptors (Lipinski definition) is 6. The highest BCUT2D eigenvalue weighted by Crippen LogP contribution is 2.35. The molecule has 2 aromatic rings. The number of H-pyrrole nitrogens is 1. The summed E-state index contributed by atoms with van der Waals surface area (Å²) in [5.41, 5.74) is -0.584. The number of carbonyl (C=O) groups is 1. The summed E-state index contributed by atoms with van der Waals surface area (Å²) in [5.74, 6) is -0.152. The number of ether oxygens (including phenoxy) is 2. The standard InChI is InChI=1S/C19H25N3O5/c1-4-22-7-5-6-11(22)10-20-18(24)16-17(23)12-8-14(26-2)15(27-3)9-13(12)21-19(16)25/h8-9,11H,4-7,10H2,1-3H3,(H,20,24)(H2,21,23,25)/t11-/m0/s1. The Kier molecular flexibility index (Phi) is 5.55. The molecule has 0 aliphatic carbocycles. The Bertz CT molecular complexity index is 908. The third-order valence-corrected chi connectivity index (χ3v) is 5.12. The third kappa shape index (κ3) is 3.57. The van der Waals surface area contributed by atoms with Crippen molar-refractivity contribution in [2.75, 3.05) is 33.9 Å². The Morgan fingerprint density at radius 3 is 2.70 bits per heavy atom. The van der Waals surface area contributed by atoms with Gasteiger partial charge < -0.3 is 24.9 Å². The van der Waals surface area contributed by atoms with Crippen molar-refractivity contribution in [3.05, 3.63) is 28.0 Å². The number of rotatable bonds is 6. The summed E-state index contributed by atoms with van der Waals surface area (Å²) < 4.78 is 10.4. The lowest BCUT2D eigenvalue weighted by molar-refractivity contribution is 0.0937. The van der Waals surface area contributed by atoms with E-state index in [9.17, 15) is 14.7 Å². The van der Waals surface area contributed by atoms with Gasteiger partial charge in [0, 0.05) is 24.0 Å². The van der Waals surface area contributed by atoms with Crippen LogP contribution in [-0.2, 0) is 0 Å². The number of likely N-dealkylation sites (N-methyl/N-ethyl adjacent to an activating group) is 1. The van der Waals surface area contributed by atoms with Crippen molar-refractivity contribution in [2.24, 2.45) is 0 Å². The quantitative estimate of drug-likeness (QED) is 0.706. The zero-order valence-electron chi connectivity index (χ0n) is 15.8. The molecular formula is C19H25N3O5. The molecule has 8 heteroatoms. The Balaban J connectivity index is 1.91. The second kappa shape index (κ2) is 7.87. The first kappa shape index (κ1) is 19.0. The monoisotopic (exact) mass is 375 g/mol. The van der Waals surface area contributed by atoms with E-state index in [1.807, 2.05) is 0 Å². The number of amides is 1. The molecule has 146 valence electrons. The van der Waals surface area contributed by atoms with Gasteiger partial charge in [0.15, 0.2) is 11.5 Å². The molecule has 1 aliphatic heterocycles. The van der Waals surface area contributed by atoms with Gasteiger partial charge in [0.1, 0.15) is 11.3 Å². The molecule has 0 radical (unpaired) electrons. The molecule has 8 nitrogen and oxygen atoms in total. The average Bonchev–Trinajstić information content (AvgIpc) is 3.13. The molecule has 1 saturated heterocycles. The largest absolute Gasteiger partial charge is 0.506 e. The third-order valence-electron chi connectivity index (χ3n) is 5.12. The van der Waals surface area contributed by atoms with Gasteiger partial charge in [0.05, 0.1) is 19.7 Å². The number of fused-ring (bicyclic) bond motifs is 1. The zero-order chi connectivity index (χ0) is 19.6. The maximum absolute atomic E-state index is 12.6. The molecule has 1 amide bonds. The molecule has 0 unspecified atom stereocenters. The molecule has 1 aromatic heterocycles. The molecular weight excluding hydrogens is 350 g/mol. The fraction of sp³-hybridized carbons (Fsp3) is 0.474. The Morgan fingerprint density at radius 2 is 2.04 bits per heavy atom. The molecule has 1 aliphatic rings. The molecule has 2 heterocycles. The van der Waals surface area contributed by atoms with E-state index in [1.54, 1.807) is 6.07 Å². The van der Waals surface area contributed by atoms with Gasteiger partial charge in [-0.3, -0.25) is 14.5 Å². The first-order chi connectivity index (χ1) is 13.0. The zero-order valence-corrected chi connectivity index (χ0v) is 15.8. The Morgan fingerprint density at radius 1 is 1.33 bits per heavy atom. The molecule has 3 rings (SSSR count). The molecule has 0 saturated carbocycles. The normalized spacial score (nSPS) is 17.2. The van der Waals surface area contributed by atoms with Gasteiger partial charge in [-0.2, -0.15) is 0 Å². The van der Waals surface area contributed by atoms with E-state index < -0.39 is 11.5 Å². The van der Waals surface area contributed by atoms with Crippen LogP contribution in [0.1, 0.15) is 30.1 Å². The summed E-state index contributed by atoms with van der Waals surface area (Å²) in [5, 5.41) is 13.7. The number of hydrogen-bond donors (Lipinski definition) is 3. The highest BCUT2D eigenvalue weighted by molar-refractivity contribution is 6.02. The van der Waals surface area contributed by atoms with Crippen LogP contribution < -0.4 is 20.3 Å². The molecule has 3 N–H and O–H groups in total. The lowest BCUT2D eigenvalue weighted by atomic mass is 10.1. The van der Waals surface area contributed by atoms with Gasteiger partial charge in [-0.25, -0.2) is 0 Å². The van der Waals surface area contributed by atoms with E-state index >= 15 is 0 Å². The predicted octanol–water partition coefficient (Wildman–Crippen LogP) is 1.46. The summed E-state index contributed by atoms with van der Waals surface area (Å²) in [6.45, 7) is 4.46. The van der Waals surface area contributed by atoms with E-state index in [0.717, 1.165) is 25.9 Å². The number of nitrogens with one attached hydrogen (secondary N) is 2. The van der Waals surface area contributed by atoms with E-state index in [1.165, 1.54) is 20.3 Å². The van der Waals surface area contributed by atoms with Crippen LogP contribution in [0.3, 0.4) is 0 Å². The van der Waals surface area contributed by atoms with E-state index in [-0.39, 0.29) is 17.4 Å². The SMILES string of the molecule is CCN1CCC[C@H]1CNC(=O)c1c(O)c2cc(OC)c(OC)cc2[nH]c1=O. The fourth-order valence-corrected chi connectivity index (χ4v) is 3.66. The van der Waals surface area contributed by atoms with Gasteiger partial charge in [-0.1, -0.05) is 6.92 Å². The Hall–Kier alpha value is -2.74. The summed E-state index contributed by atoms with van der Waals surface area (Å²) in [7, 11) is 2.95. The number of methoxy groups -OCH3 is 2. The second-order valence-corrected chi connectivity index (χ2v) is 6.57. The van der Waals surface area contributed by atoms with E-state index in [2.05, 4.69) is 22.1 Å². The number of aromatic amines is 1. The lowest BCUT2D eigenvalue weighted by Gasteiger charge is -2.22. The number of aromatic nitrogens is 1. The lowest BCUT2D eigenvalue weighted by Crippen LogP contribution is -2.41. The van der Waals surface area contributed by atoms with Crippen molar-refractivity contribution in [1.29, 1.82) is 0 Å². The maximum atomic E-state index is 12.6. The minimum absolute atomic E-state index is 0.255. The minimum Gasteiger partial charge on any atom is -0.506 e. The number of nitrogens with zero attached hydrogens (tertiary/aromatic N) is 1. The summed E-state index contributed by atoms with van der Waals surface area (Å²) in [4.78, 5) is 29.9. The molecule has 1 aromatic carbocycles. The van der Waals surface area contributed by atoms with Crippen LogP contribution in [0.5, 0.6) is 17.2 Å². The number of carbonyl (C=O) groups excluding carboxylic acids is 1. The first-order valence-corrected chi connectivity index (χ1v) is 9.03. The minimum atomic E-state index is -0.650. The van der Waals surface area contributed by atoms with Crippen LogP contribution in [-0.4, -0.2) is 60.8 Å². The van der Waals surface area contributed by atoms with Crippen LogP contribution in [0.2, 0.25) is 0 Å². The van der Waals surface area contributed by atoms with Crippen LogP contribution in [0.25, 0.3) is 10.9 Å². The summed E-state index contributed by atoms with van der Waals surface area (Å²) >= 11 is 0. The van der Waals surface area contributed by atoms with Crippen molar-refractivity contribution in [3.63, 3.8) is 0 Å². The van der Waals surface area contributed by atoms with Crippen LogP contribution in [0.15, 0.2) is 16.9 Å². The maximum Gasteiger partial charge on any atom is 0.265 e.